The Morgan fingerprint density at radius 3 is 2.47 bits per heavy atom. The summed E-state index contributed by atoms with van der Waals surface area (Å²) in [6.45, 7) is 5.48. The van der Waals surface area contributed by atoms with Gasteiger partial charge in [-0.15, -0.1) is 0 Å². The van der Waals surface area contributed by atoms with Gasteiger partial charge < -0.3 is 4.98 Å². The molecule has 0 bridgehead atoms. The lowest BCUT2D eigenvalue weighted by Gasteiger charge is -2.21. The van der Waals surface area contributed by atoms with Crippen LogP contribution in [0.3, 0.4) is 0 Å². The number of halogens is 1. The van der Waals surface area contributed by atoms with E-state index in [0.29, 0.717) is 15.4 Å². The molecule has 0 fully saturated rings. The Morgan fingerprint density at radius 1 is 1.24 bits per heavy atom. The maximum atomic E-state index is 12.3. The smallest absolute Gasteiger partial charge is 0.306 e. The second-order valence-corrected chi connectivity index (χ2v) is 5.76. The third kappa shape index (κ3) is 1.95. The van der Waals surface area contributed by atoms with Crippen LogP contribution in [0.5, 0.6) is 0 Å². The Kier molecular flexibility index (Phi) is 2.73. The number of benzene rings is 1. The van der Waals surface area contributed by atoms with Crippen molar-refractivity contribution >= 4 is 26.8 Å². The molecule has 0 radical (unpaired) electrons. The summed E-state index contributed by atoms with van der Waals surface area (Å²) in [5.41, 5.74) is -0.649. The number of hydrogen-bond donors (Lipinski definition) is 1. The second-order valence-electron chi connectivity index (χ2n) is 4.90. The molecular formula is C12H13BrN2O2. The molecule has 0 aliphatic rings. The number of nitrogens with one attached hydrogen (secondary N) is 1. The summed E-state index contributed by atoms with van der Waals surface area (Å²) in [6, 6.07) is 5.28. The third-order valence-electron chi connectivity index (χ3n) is 2.55. The molecule has 0 atom stereocenters. The number of hydrogen-bond acceptors (Lipinski definition) is 2. The zero-order chi connectivity index (χ0) is 12.8. The van der Waals surface area contributed by atoms with Crippen molar-refractivity contribution in [3.05, 3.63) is 43.5 Å². The maximum absolute atomic E-state index is 12.3. The first kappa shape index (κ1) is 12.1. The largest absolute Gasteiger partial charge is 0.329 e. The summed E-state index contributed by atoms with van der Waals surface area (Å²) in [6.07, 6.45) is 0. The summed E-state index contributed by atoms with van der Waals surface area (Å²) in [5.74, 6) is 0. The van der Waals surface area contributed by atoms with E-state index in [1.54, 1.807) is 18.2 Å². The van der Waals surface area contributed by atoms with Crippen molar-refractivity contribution in [3.8, 4) is 0 Å². The highest BCUT2D eigenvalue weighted by atomic mass is 79.9. The third-order valence-corrected chi connectivity index (χ3v) is 3.21. The molecule has 1 heterocycles. The zero-order valence-corrected chi connectivity index (χ0v) is 11.5. The van der Waals surface area contributed by atoms with Crippen LogP contribution in [0.15, 0.2) is 32.3 Å². The van der Waals surface area contributed by atoms with Crippen molar-refractivity contribution in [3.63, 3.8) is 0 Å². The number of nitrogens with zero attached hydrogens (tertiary/aromatic N) is 1. The fourth-order valence-corrected chi connectivity index (χ4v) is 2.28. The molecule has 1 aromatic heterocycles. The lowest BCUT2D eigenvalue weighted by atomic mass is 10.1. The van der Waals surface area contributed by atoms with Crippen molar-refractivity contribution in [2.45, 2.75) is 26.3 Å². The van der Waals surface area contributed by atoms with Crippen LogP contribution < -0.4 is 11.2 Å². The van der Waals surface area contributed by atoms with Crippen molar-refractivity contribution in [1.29, 1.82) is 0 Å². The summed E-state index contributed by atoms with van der Waals surface area (Å²) < 4.78 is 1.95. The number of aromatic nitrogens is 2. The van der Waals surface area contributed by atoms with E-state index in [1.807, 2.05) is 20.8 Å². The number of aromatic amines is 1. The van der Waals surface area contributed by atoms with Gasteiger partial charge in [0.1, 0.15) is 0 Å². The van der Waals surface area contributed by atoms with Crippen molar-refractivity contribution in [2.24, 2.45) is 0 Å². The molecule has 2 rings (SSSR count). The van der Waals surface area contributed by atoms with E-state index in [1.165, 1.54) is 4.57 Å². The molecule has 0 aliphatic carbocycles. The predicted octanol–water partition coefficient (Wildman–Crippen LogP) is 2.21. The molecule has 0 saturated carbocycles. The molecule has 0 unspecified atom stereocenters. The van der Waals surface area contributed by atoms with Crippen molar-refractivity contribution in [1.82, 2.24) is 9.55 Å². The SMILES string of the molecule is CC(C)(C)n1c(=O)[nH]c2c(Br)cccc2c1=O. The highest BCUT2D eigenvalue weighted by Gasteiger charge is 2.19. The van der Waals surface area contributed by atoms with E-state index in [2.05, 4.69) is 20.9 Å². The summed E-state index contributed by atoms with van der Waals surface area (Å²) in [7, 11) is 0. The average molecular weight is 297 g/mol. The standard InChI is InChI=1S/C12H13BrN2O2/c1-12(2,3)15-10(16)7-5-4-6-8(13)9(7)14-11(15)17/h4-6H,1-3H3,(H,14,17). The van der Waals surface area contributed by atoms with Gasteiger partial charge >= 0.3 is 5.69 Å². The van der Waals surface area contributed by atoms with Crippen LogP contribution >= 0.6 is 15.9 Å². The first-order valence-corrected chi connectivity index (χ1v) is 6.06. The topological polar surface area (TPSA) is 54.9 Å². The number of para-hydroxylation sites is 1. The molecule has 0 aliphatic heterocycles. The molecular weight excluding hydrogens is 284 g/mol. The molecule has 2 aromatic rings. The minimum atomic E-state index is -0.541. The van der Waals surface area contributed by atoms with Crippen molar-refractivity contribution in [2.75, 3.05) is 0 Å². The minimum absolute atomic E-state index is 0.266. The predicted molar refractivity (Wildman–Crippen MR) is 71.5 cm³/mol. The number of fused-ring (bicyclic) bond motifs is 1. The fraction of sp³-hybridized carbons (Fsp3) is 0.333. The molecule has 0 amide bonds. The van der Waals surface area contributed by atoms with Gasteiger partial charge in [-0.1, -0.05) is 6.07 Å². The number of rotatable bonds is 0. The van der Waals surface area contributed by atoms with Crippen LogP contribution in [0.4, 0.5) is 0 Å². The average Bonchev–Trinajstić information content (AvgIpc) is 2.17. The van der Waals surface area contributed by atoms with Crippen LogP contribution in [0.2, 0.25) is 0 Å². The first-order chi connectivity index (χ1) is 7.82. The molecule has 90 valence electrons. The van der Waals surface area contributed by atoms with E-state index < -0.39 is 5.54 Å². The Labute approximate surface area is 106 Å². The van der Waals surface area contributed by atoms with Crippen LogP contribution in [-0.2, 0) is 5.54 Å². The molecule has 0 spiro atoms. The van der Waals surface area contributed by atoms with Gasteiger partial charge in [0.25, 0.3) is 5.56 Å². The van der Waals surface area contributed by atoms with Crippen LogP contribution in [-0.4, -0.2) is 9.55 Å². The first-order valence-electron chi connectivity index (χ1n) is 5.26. The zero-order valence-electron chi connectivity index (χ0n) is 9.87. The molecule has 0 saturated heterocycles. The lowest BCUT2D eigenvalue weighted by Crippen LogP contribution is -2.44. The van der Waals surface area contributed by atoms with Gasteiger partial charge in [0.15, 0.2) is 0 Å². The minimum Gasteiger partial charge on any atom is -0.306 e. The quantitative estimate of drug-likeness (QED) is 0.810. The van der Waals surface area contributed by atoms with Crippen LogP contribution in [0.1, 0.15) is 20.8 Å². The summed E-state index contributed by atoms with van der Waals surface area (Å²) >= 11 is 3.32. The van der Waals surface area contributed by atoms with Gasteiger partial charge in [-0.2, -0.15) is 0 Å². The van der Waals surface area contributed by atoms with E-state index in [0.717, 1.165) is 0 Å². The molecule has 4 nitrogen and oxygen atoms in total. The Balaban J connectivity index is 3.02. The molecule has 5 heteroatoms. The highest BCUT2D eigenvalue weighted by molar-refractivity contribution is 9.10. The van der Waals surface area contributed by atoms with Gasteiger partial charge in [0.05, 0.1) is 10.9 Å². The number of H-pyrrole nitrogens is 1. The summed E-state index contributed by atoms with van der Waals surface area (Å²) in [5, 5.41) is 0.508. The normalized spacial score (nSPS) is 12.0. The Bertz CT molecular complexity index is 692. The molecule has 1 aromatic carbocycles. The van der Waals surface area contributed by atoms with Crippen LogP contribution in [0.25, 0.3) is 10.9 Å². The van der Waals surface area contributed by atoms with Gasteiger partial charge in [0, 0.05) is 10.0 Å². The van der Waals surface area contributed by atoms with E-state index in [4.69, 9.17) is 0 Å². The monoisotopic (exact) mass is 296 g/mol. The van der Waals surface area contributed by atoms with E-state index in [9.17, 15) is 9.59 Å². The molecule has 1 N–H and O–H groups in total. The van der Waals surface area contributed by atoms with Gasteiger partial charge in [-0.3, -0.25) is 9.36 Å². The summed E-state index contributed by atoms with van der Waals surface area (Å²) in [4.78, 5) is 26.9. The van der Waals surface area contributed by atoms with Gasteiger partial charge in [-0.05, 0) is 48.8 Å². The van der Waals surface area contributed by atoms with E-state index >= 15 is 0 Å². The Morgan fingerprint density at radius 2 is 1.88 bits per heavy atom. The van der Waals surface area contributed by atoms with Gasteiger partial charge in [0.2, 0.25) is 0 Å². The highest BCUT2D eigenvalue weighted by Crippen LogP contribution is 2.18. The van der Waals surface area contributed by atoms with E-state index in [-0.39, 0.29) is 11.2 Å². The lowest BCUT2D eigenvalue weighted by molar-refractivity contribution is 0.369. The molecule has 17 heavy (non-hydrogen) atoms. The fourth-order valence-electron chi connectivity index (χ4n) is 1.81. The maximum Gasteiger partial charge on any atom is 0.329 e. The van der Waals surface area contributed by atoms with Crippen molar-refractivity contribution < 1.29 is 0 Å². The van der Waals surface area contributed by atoms with Gasteiger partial charge in [-0.25, -0.2) is 4.79 Å². The van der Waals surface area contributed by atoms with Crippen LogP contribution in [0, 0.1) is 0 Å². The Hall–Kier alpha value is -1.36. The second kappa shape index (κ2) is 3.84.